The minimum Gasteiger partial charge on any atom is -0.382 e. The zero-order valence-electron chi connectivity index (χ0n) is 13.4. The molecule has 0 rings (SSSR count). The molecule has 0 aromatic rings. The van der Waals surface area contributed by atoms with E-state index in [1.807, 2.05) is 0 Å². The molecule has 0 atom stereocenters. The number of rotatable bonds is 13. The summed E-state index contributed by atoms with van der Waals surface area (Å²) in [4.78, 5) is 0. The second kappa shape index (κ2) is 11.6. The first-order valence-corrected chi connectivity index (χ1v) is 7.28. The van der Waals surface area contributed by atoms with Crippen LogP contribution in [0.5, 0.6) is 0 Å². The van der Waals surface area contributed by atoms with Gasteiger partial charge in [0.25, 0.3) is 0 Å². The Morgan fingerprint density at radius 2 is 1.21 bits per heavy atom. The molecule has 0 aromatic carbocycles. The zero-order valence-corrected chi connectivity index (χ0v) is 13.4. The maximum Gasteiger partial charge on any atom is 0.0700 e. The Bertz CT molecular complexity index is 181. The first-order chi connectivity index (χ1) is 9.14. The van der Waals surface area contributed by atoms with Crippen LogP contribution < -0.4 is 0 Å². The molecule has 0 aliphatic rings. The second-order valence-electron chi connectivity index (χ2n) is 5.19. The molecule has 4 heteroatoms. The molecule has 0 saturated carbocycles. The van der Waals surface area contributed by atoms with Crippen LogP contribution in [0, 0.1) is 11.3 Å². The molecule has 0 saturated heterocycles. The number of hydrogen-bond donors (Lipinski definition) is 0. The Morgan fingerprint density at radius 1 is 0.789 bits per heavy atom. The van der Waals surface area contributed by atoms with Gasteiger partial charge in [0.15, 0.2) is 0 Å². The molecule has 0 unspecified atom stereocenters. The van der Waals surface area contributed by atoms with Gasteiger partial charge in [0.05, 0.1) is 39.6 Å². The highest BCUT2D eigenvalue weighted by atomic mass is 16.5. The van der Waals surface area contributed by atoms with Crippen molar-refractivity contribution in [3.05, 3.63) is 0 Å². The van der Waals surface area contributed by atoms with Gasteiger partial charge in [-0.3, -0.25) is 0 Å². The van der Waals surface area contributed by atoms with Gasteiger partial charge >= 0.3 is 0 Å². The van der Waals surface area contributed by atoms with Crippen molar-refractivity contribution in [1.29, 1.82) is 0 Å². The van der Waals surface area contributed by atoms with E-state index in [-0.39, 0.29) is 5.41 Å². The van der Waals surface area contributed by atoms with Gasteiger partial charge in [0, 0.05) is 20.1 Å². The Morgan fingerprint density at radius 3 is 1.53 bits per heavy atom. The number of methoxy groups -OCH3 is 2. The van der Waals surface area contributed by atoms with Gasteiger partial charge in [-0.1, -0.05) is 33.6 Å². The van der Waals surface area contributed by atoms with Gasteiger partial charge in [-0.15, -0.1) is 0 Å². The van der Waals surface area contributed by atoms with Crippen LogP contribution in [-0.4, -0.2) is 53.9 Å². The van der Waals surface area contributed by atoms with E-state index in [0.717, 1.165) is 26.1 Å². The van der Waals surface area contributed by atoms with Crippen LogP contribution in [0.3, 0.4) is 0 Å². The molecule has 0 aromatic heterocycles. The Kier molecular flexibility index (Phi) is 11.6. The maximum absolute atomic E-state index is 5.71. The minimum atomic E-state index is 0.264. The summed E-state index contributed by atoms with van der Waals surface area (Å²) in [5, 5.41) is 0. The van der Waals surface area contributed by atoms with Crippen LogP contribution in [0.1, 0.15) is 33.6 Å². The van der Waals surface area contributed by atoms with Crippen LogP contribution >= 0.6 is 0 Å². The van der Waals surface area contributed by atoms with Crippen molar-refractivity contribution >= 4 is 0 Å². The summed E-state index contributed by atoms with van der Waals surface area (Å²) in [6.07, 6.45) is 2.27. The van der Waals surface area contributed by atoms with E-state index in [1.165, 1.54) is 0 Å². The summed E-state index contributed by atoms with van der Waals surface area (Å²) in [6.45, 7) is 10.8. The molecular formula is C15H32O4. The predicted molar refractivity (Wildman–Crippen MR) is 77.6 cm³/mol. The monoisotopic (exact) mass is 276 g/mol. The fourth-order valence-corrected chi connectivity index (χ4v) is 2.01. The third-order valence-electron chi connectivity index (χ3n) is 4.10. The molecule has 0 radical (unpaired) electrons. The predicted octanol–water partition coefficient (Wildman–Crippen LogP) is 2.75. The zero-order chi connectivity index (χ0) is 14.6. The van der Waals surface area contributed by atoms with E-state index >= 15 is 0 Å². The molecule has 0 amide bonds. The highest BCUT2D eigenvalue weighted by Crippen LogP contribution is 2.35. The fraction of sp³-hybridized carbons (Fsp3) is 1.00. The Labute approximate surface area is 118 Å². The summed E-state index contributed by atoms with van der Waals surface area (Å²) < 4.78 is 21.4. The second-order valence-corrected chi connectivity index (χ2v) is 5.19. The van der Waals surface area contributed by atoms with Crippen LogP contribution in [0.4, 0.5) is 0 Å². The summed E-state index contributed by atoms with van der Waals surface area (Å²) in [6, 6.07) is 0. The van der Waals surface area contributed by atoms with Crippen LogP contribution in [0.25, 0.3) is 0 Å². The van der Waals surface area contributed by atoms with Crippen molar-refractivity contribution in [1.82, 2.24) is 0 Å². The van der Waals surface area contributed by atoms with Crippen molar-refractivity contribution in [2.45, 2.75) is 33.6 Å². The average molecular weight is 276 g/mol. The molecular weight excluding hydrogens is 244 g/mol. The van der Waals surface area contributed by atoms with E-state index in [2.05, 4.69) is 20.8 Å². The molecule has 0 bridgehead atoms. The van der Waals surface area contributed by atoms with Crippen molar-refractivity contribution in [3.8, 4) is 0 Å². The van der Waals surface area contributed by atoms with Crippen molar-refractivity contribution in [2.24, 2.45) is 11.3 Å². The van der Waals surface area contributed by atoms with Gasteiger partial charge in [-0.05, 0) is 5.41 Å². The lowest BCUT2D eigenvalue weighted by atomic mass is 9.73. The van der Waals surface area contributed by atoms with Gasteiger partial charge in [-0.25, -0.2) is 0 Å². The van der Waals surface area contributed by atoms with Gasteiger partial charge in [0.2, 0.25) is 0 Å². The maximum atomic E-state index is 5.71. The Hall–Kier alpha value is -0.160. The Balaban J connectivity index is 4.21. The molecule has 0 aliphatic carbocycles. The lowest BCUT2D eigenvalue weighted by molar-refractivity contribution is -0.0365. The molecule has 0 aliphatic heterocycles. The van der Waals surface area contributed by atoms with Crippen LogP contribution in [0.15, 0.2) is 0 Å². The molecule has 0 N–H and O–H groups in total. The van der Waals surface area contributed by atoms with E-state index in [9.17, 15) is 0 Å². The van der Waals surface area contributed by atoms with E-state index in [1.54, 1.807) is 14.2 Å². The molecule has 4 nitrogen and oxygen atoms in total. The third kappa shape index (κ3) is 7.88. The summed E-state index contributed by atoms with van der Waals surface area (Å²) in [5.74, 6) is 0.413. The van der Waals surface area contributed by atoms with Crippen LogP contribution in [-0.2, 0) is 18.9 Å². The van der Waals surface area contributed by atoms with Gasteiger partial charge in [-0.2, -0.15) is 0 Å². The lowest BCUT2D eigenvalue weighted by Gasteiger charge is -2.36. The molecule has 0 heterocycles. The van der Waals surface area contributed by atoms with Gasteiger partial charge < -0.3 is 18.9 Å². The standard InChI is InChI=1S/C15H32O4/c1-6-15(3,7-2)14(12-18-10-8-16-4)13-19-11-9-17-5/h14H,6-13H2,1-5H3. The van der Waals surface area contributed by atoms with Crippen LogP contribution in [0.2, 0.25) is 0 Å². The van der Waals surface area contributed by atoms with E-state index in [0.29, 0.717) is 32.3 Å². The highest BCUT2D eigenvalue weighted by Gasteiger charge is 2.31. The first kappa shape index (κ1) is 18.8. The highest BCUT2D eigenvalue weighted by molar-refractivity contribution is 4.80. The van der Waals surface area contributed by atoms with Crippen molar-refractivity contribution < 1.29 is 18.9 Å². The van der Waals surface area contributed by atoms with Gasteiger partial charge in [0.1, 0.15) is 0 Å². The lowest BCUT2D eigenvalue weighted by Crippen LogP contribution is -2.34. The average Bonchev–Trinajstić information content (AvgIpc) is 2.44. The van der Waals surface area contributed by atoms with Crippen molar-refractivity contribution in [3.63, 3.8) is 0 Å². The number of ether oxygens (including phenoxy) is 4. The third-order valence-corrected chi connectivity index (χ3v) is 4.10. The molecule has 116 valence electrons. The van der Waals surface area contributed by atoms with E-state index < -0.39 is 0 Å². The molecule has 0 spiro atoms. The largest absolute Gasteiger partial charge is 0.382 e. The topological polar surface area (TPSA) is 36.9 Å². The fourth-order valence-electron chi connectivity index (χ4n) is 2.01. The summed E-state index contributed by atoms with van der Waals surface area (Å²) in [5.41, 5.74) is 0.264. The van der Waals surface area contributed by atoms with E-state index in [4.69, 9.17) is 18.9 Å². The quantitative estimate of drug-likeness (QED) is 0.485. The molecule has 19 heavy (non-hydrogen) atoms. The first-order valence-electron chi connectivity index (χ1n) is 7.28. The van der Waals surface area contributed by atoms with Crippen molar-refractivity contribution in [2.75, 3.05) is 53.9 Å². The summed E-state index contributed by atoms with van der Waals surface area (Å²) >= 11 is 0. The summed E-state index contributed by atoms with van der Waals surface area (Å²) in [7, 11) is 3.38. The smallest absolute Gasteiger partial charge is 0.0700 e. The SMILES string of the molecule is CCC(C)(CC)C(COCCOC)COCCOC. The normalized spacial score (nSPS) is 12.3. The number of hydrogen-bond acceptors (Lipinski definition) is 4. The minimum absolute atomic E-state index is 0.264. The molecule has 0 fully saturated rings.